The second kappa shape index (κ2) is 11.0. The van der Waals surface area contributed by atoms with E-state index >= 15 is 0 Å². The highest BCUT2D eigenvalue weighted by Crippen LogP contribution is 2.29. The number of nitrogens with one attached hydrogen (secondary N) is 2. The summed E-state index contributed by atoms with van der Waals surface area (Å²) in [5.74, 6) is -0.471. The van der Waals surface area contributed by atoms with Crippen LogP contribution in [0.1, 0.15) is 29.7 Å². The average molecular weight is 451 g/mol. The molecule has 172 valence electrons. The van der Waals surface area contributed by atoms with E-state index in [0.717, 1.165) is 5.56 Å². The molecule has 8 heteroatoms. The van der Waals surface area contributed by atoms with Crippen molar-refractivity contribution in [1.29, 1.82) is 5.41 Å². The second-order valence-corrected chi connectivity index (χ2v) is 7.30. The van der Waals surface area contributed by atoms with Crippen LogP contribution in [-0.2, 0) is 11.2 Å². The first-order valence-electron chi connectivity index (χ1n) is 10.4. The van der Waals surface area contributed by atoms with E-state index in [1.54, 1.807) is 54.6 Å². The lowest BCUT2D eigenvalue weighted by molar-refractivity contribution is -0.138. The zero-order valence-electron chi connectivity index (χ0n) is 18.2. The highest BCUT2D eigenvalue weighted by molar-refractivity contribution is 5.95. The van der Waals surface area contributed by atoms with Gasteiger partial charge >= 0.3 is 5.97 Å². The molecule has 7 nitrogen and oxygen atoms in total. The smallest absolute Gasteiger partial charge is 0.330 e. The molecule has 0 aliphatic rings. The van der Waals surface area contributed by atoms with Crippen molar-refractivity contribution < 1.29 is 23.8 Å². The number of hydrogen-bond acceptors (Lipinski definition) is 5. The summed E-state index contributed by atoms with van der Waals surface area (Å²) in [7, 11) is 0. The number of carboxylic acid groups (broad SMARTS) is 1. The third-order valence-corrected chi connectivity index (χ3v) is 4.87. The molecule has 0 spiro atoms. The predicted molar refractivity (Wildman–Crippen MR) is 125 cm³/mol. The zero-order chi connectivity index (χ0) is 23.8. The molecule has 5 N–H and O–H groups in total. The van der Waals surface area contributed by atoms with E-state index in [4.69, 9.17) is 20.6 Å². The molecule has 0 saturated heterocycles. The maximum atomic E-state index is 13.1. The molecule has 3 rings (SSSR count). The Morgan fingerprint density at radius 1 is 1.06 bits per heavy atom. The maximum Gasteiger partial charge on any atom is 0.330 e. The van der Waals surface area contributed by atoms with Crippen molar-refractivity contribution in [2.24, 2.45) is 5.73 Å². The van der Waals surface area contributed by atoms with Crippen LogP contribution in [0.5, 0.6) is 11.5 Å². The molecule has 0 saturated carbocycles. The van der Waals surface area contributed by atoms with Crippen molar-refractivity contribution in [2.75, 3.05) is 18.5 Å². The summed E-state index contributed by atoms with van der Waals surface area (Å²) in [6.07, 6.45) is 0.567. The quantitative estimate of drug-likeness (QED) is 0.254. The Labute approximate surface area is 191 Å². The molecular weight excluding hydrogens is 425 g/mol. The van der Waals surface area contributed by atoms with E-state index < -0.39 is 12.0 Å². The van der Waals surface area contributed by atoms with Gasteiger partial charge in [-0.1, -0.05) is 12.1 Å². The molecule has 0 radical (unpaired) electrons. The molecule has 0 aliphatic heterocycles. The number of amidine groups is 1. The largest absolute Gasteiger partial charge is 0.494 e. The number of carboxylic acids is 1. The Hall–Kier alpha value is -4.07. The van der Waals surface area contributed by atoms with Crippen molar-refractivity contribution in [2.45, 2.75) is 19.4 Å². The fourth-order valence-electron chi connectivity index (χ4n) is 3.23. The van der Waals surface area contributed by atoms with Crippen molar-refractivity contribution >= 4 is 17.5 Å². The first-order chi connectivity index (χ1) is 15.9. The Kier molecular flexibility index (Phi) is 7.86. The molecular formula is C25H26FN3O4. The fraction of sp³-hybridized carbons (Fsp3) is 0.200. The minimum atomic E-state index is -1.07. The number of hydrogen-bond donors (Lipinski definition) is 4. The van der Waals surface area contributed by atoms with E-state index in [-0.39, 0.29) is 11.7 Å². The first-order valence-corrected chi connectivity index (χ1v) is 10.4. The molecule has 0 unspecified atom stereocenters. The van der Waals surface area contributed by atoms with Crippen LogP contribution < -0.4 is 20.5 Å². The number of aliphatic carboxylic acids is 1. The van der Waals surface area contributed by atoms with E-state index in [9.17, 15) is 14.3 Å². The number of rotatable bonds is 11. The van der Waals surface area contributed by atoms with Crippen LogP contribution >= 0.6 is 0 Å². The van der Waals surface area contributed by atoms with Gasteiger partial charge in [0.15, 0.2) is 6.04 Å². The van der Waals surface area contributed by atoms with Gasteiger partial charge in [-0.3, -0.25) is 5.41 Å². The van der Waals surface area contributed by atoms with Gasteiger partial charge in [-0.05, 0) is 66.6 Å². The minimum Gasteiger partial charge on any atom is -0.494 e. The topological polar surface area (TPSA) is 118 Å². The number of halogens is 1. The van der Waals surface area contributed by atoms with E-state index in [1.807, 2.05) is 6.92 Å². The second-order valence-electron chi connectivity index (χ2n) is 7.30. The van der Waals surface area contributed by atoms with Gasteiger partial charge in [0.25, 0.3) is 0 Å². The fourth-order valence-corrected chi connectivity index (χ4v) is 3.23. The summed E-state index contributed by atoms with van der Waals surface area (Å²) in [6, 6.07) is 16.8. The van der Waals surface area contributed by atoms with Crippen LogP contribution in [0.3, 0.4) is 0 Å². The molecule has 0 fully saturated rings. The van der Waals surface area contributed by atoms with Gasteiger partial charge in [-0.15, -0.1) is 0 Å². The molecule has 1 atom stereocenters. The molecule has 3 aromatic rings. The van der Waals surface area contributed by atoms with Crippen molar-refractivity contribution in [1.82, 2.24) is 0 Å². The summed E-state index contributed by atoms with van der Waals surface area (Å²) in [5.41, 5.74) is 7.97. The van der Waals surface area contributed by atoms with Crippen molar-refractivity contribution in [3.05, 3.63) is 89.2 Å². The first kappa shape index (κ1) is 23.6. The van der Waals surface area contributed by atoms with Gasteiger partial charge in [0.05, 0.1) is 13.2 Å². The number of benzene rings is 3. The highest BCUT2D eigenvalue weighted by atomic mass is 19.1. The summed E-state index contributed by atoms with van der Waals surface area (Å²) in [6.45, 7) is 2.58. The van der Waals surface area contributed by atoms with Crippen LogP contribution in [0.4, 0.5) is 10.1 Å². The SMILES string of the molecule is CCOc1cc(OCCc2ccc(F)cc2)cc([C@@H](Nc2ccc(C(=N)N)cc2)C(=O)O)c1. The molecule has 0 heterocycles. The molecule has 0 amide bonds. The Balaban J connectivity index is 1.79. The molecule has 3 aromatic carbocycles. The average Bonchev–Trinajstić information content (AvgIpc) is 2.79. The zero-order valence-corrected chi connectivity index (χ0v) is 18.2. The van der Waals surface area contributed by atoms with Gasteiger partial charge in [0.2, 0.25) is 0 Å². The monoisotopic (exact) mass is 451 g/mol. The third-order valence-electron chi connectivity index (χ3n) is 4.87. The van der Waals surface area contributed by atoms with Gasteiger partial charge in [0, 0.05) is 23.7 Å². The van der Waals surface area contributed by atoms with Crippen LogP contribution in [0.15, 0.2) is 66.7 Å². The van der Waals surface area contributed by atoms with Crippen LogP contribution in [0.25, 0.3) is 0 Å². The lowest BCUT2D eigenvalue weighted by atomic mass is 10.1. The summed E-state index contributed by atoms with van der Waals surface area (Å²) < 4.78 is 24.5. The molecule has 0 aromatic heterocycles. The van der Waals surface area contributed by atoms with Gasteiger partial charge in [-0.2, -0.15) is 0 Å². The number of nitrogen functional groups attached to an aromatic ring is 1. The van der Waals surface area contributed by atoms with E-state index in [0.29, 0.717) is 47.9 Å². The summed E-state index contributed by atoms with van der Waals surface area (Å²) in [5, 5.41) is 20.3. The van der Waals surface area contributed by atoms with Gasteiger partial charge in [0.1, 0.15) is 23.2 Å². The van der Waals surface area contributed by atoms with Gasteiger partial charge < -0.3 is 25.6 Å². The Morgan fingerprint density at radius 3 is 2.27 bits per heavy atom. The predicted octanol–water partition coefficient (Wildman–Crippen LogP) is 4.37. The van der Waals surface area contributed by atoms with Crippen molar-refractivity contribution in [3.63, 3.8) is 0 Å². The highest BCUT2D eigenvalue weighted by Gasteiger charge is 2.22. The molecule has 0 aliphatic carbocycles. The van der Waals surface area contributed by atoms with Gasteiger partial charge in [-0.25, -0.2) is 9.18 Å². The Morgan fingerprint density at radius 2 is 1.70 bits per heavy atom. The number of nitrogens with two attached hydrogens (primary N) is 1. The number of ether oxygens (including phenoxy) is 2. The summed E-state index contributed by atoms with van der Waals surface area (Å²) >= 11 is 0. The van der Waals surface area contributed by atoms with Crippen LogP contribution in [-0.4, -0.2) is 30.1 Å². The Bertz CT molecular complexity index is 1100. The molecule has 0 bridgehead atoms. The minimum absolute atomic E-state index is 0.0665. The maximum absolute atomic E-state index is 13.1. The molecule has 33 heavy (non-hydrogen) atoms. The lowest BCUT2D eigenvalue weighted by Gasteiger charge is -2.19. The number of carbonyl (C=O) groups is 1. The van der Waals surface area contributed by atoms with Crippen molar-refractivity contribution in [3.8, 4) is 11.5 Å². The number of anilines is 1. The normalized spacial score (nSPS) is 11.5. The lowest BCUT2D eigenvalue weighted by Crippen LogP contribution is -2.21. The van der Waals surface area contributed by atoms with Crippen LogP contribution in [0, 0.1) is 11.2 Å². The summed E-state index contributed by atoms with van der Waals surface area (Å²) in [4.78, 5) is 12.1. The third kappa shape index (κ3) is 6.70. The standard InChI is InChI=1S/C25H26FN3O4/c1-2-32-21-13-18(14-22(15-21)33-12-11-16-3-7-19(26)8-4-16)23(25(30)31)29-20-9-5-17(6-10-20)24(27)28/h3-10,13-15,23,29H,2,11-12H2,1H3,(H3,27,28)(H,30,31)/t23-/m1/s1. The van der Waals surface area contributed by atoms with Crippen LogP contribution in [0.2, 0.25) is 0 Å². The van der Waals surface area contributed by atoms with E-state index in [1.165, 1.54) is 12.1 Å². The van der Waals surface area contributed by atoms with E-state index in [2.05, 4.69) is 5.32 Å².